The van der Waals surface area contributed by atoms with Gasteiger partial charge in [-0.15, -0.1) is 0 Å². The molecule has 0 saturated heterocycles. The largest absolute Gasteiger partial charge is 0.497 e. The molecule has 0 spiro atoms. The normalized spacial score (nSPS) is 11.2. The Kier molecular flexibility index (Phi) is 4.96. The summed E-state index contributed by atoms with van der Waals surface area (Å²) in [6.45, 7) is 0. The molecule has 0 amide bonds. The lowest BCUT2D eigenvalue weighted by atomic mass is 10.3. The number of nitrogens with zero attached hydrogens (tertiary/aromatic N) is 1. The van der Waals surface area contributed by atoms with E-state index < -0.39 is 7.74 Å². The van der Waals surface area contributed by atoms with Crippen molar-refractivity contribution in [1.82, 2.24) is 0 Å². The molecule has 0 aliphatic carbocycles. The van der Waals surface area contributed by atoms with Crippen LogP contribution in [0.15, 0.2) is 29.0 Å². The first-order valence-electron chi connectivity index (χ1n) is 4.63. The van der Waals surface area contributed by atoms with E-state index in [9.17, 15) is 0 Å². The maximum atomic E-state index is 5.17. The quantitative estimate of drug-likeness (QED) is 0.747. The average molecular weight is 245 g/mol. The van der Waals surface area contributed by atoms with Gasteiger partial charge in [0.05, 0.1) is 12.8 Å². The van der Waals surface area contributed by atoms with Crippen LogP contribution in [0.5, 0.6) is 5.75 Å². The molecular formula is C10H16NO4P. The molecule has 0 aromatic heterocycles. The minimum atomic E-state index is -2.60. The van der Waals surface area contributed by atoms with Crippen LogP contribution in [-0.4, -0.2) is 28.4 Å². The highest BCUT2D eigenvalue weighted by atomic mass is 31.2. The van der Waals surface area contributed by atoms with Crippen LogP contribution >= 0.6 is 7.74 Å². The second-order valence-electron chi connectivity index (χ2n) is 2.81. The molecule has 0 unspecified atom stereocenters. The van der Waals surface area contributed by atoms with Crippen LogP contribution in [0.2, 0.25) is 0 Å². The van der Waals surface area contributed by atoms with Crippen molar-refractivity contribution < 1.29 is 18.3 Å². The first-order valence-corrected chi connectivity index (χ1v) is 6.13. The Morgan fingerprint density at radius 2 is 1.38 bits per heavy atom. The zero-order chi connectivity index (χ0) is 12.0. The fourth-order valence-electron chi connectivity index (χ4n) is 1.14. The van der Waals surface area contributed by atoms with Crippen molar-refractivity contribution in [2.24, 2.45) is 4.74 Å². The Morgan fingerprint density at radius 3 is 1.75 bits per heavy atom. The second kappa shape index (κ2) is 6.01. The topological polar surface area (TPSA) is 49.3 Å². The van der Waals surface area contributed by atoms with Crippen molar-refractivity contribution in [3.8, 4) is 5.75 Å². The first-order chi connectivity index (χ1) is 7.69. The van der Waals surface area contributed by atoms with Gasteiger partial charge in [0.25, 0.3) is 0 Å². The summed E-state index contributed by atoms with van der Waals surface area (Å²) < 4.78 is 24.9. The minimum absolute atomic E-state index is 0.722. The summed E-state index contributed by atoms with van der Waals surface area (Å²) in [7, 11) is 3.54. The van der Waals surface area contributed by atoms with E-state index in [2.05, 4.69) is 4.74 Å². The van der Waals surface area contributed by atoms with Crippen LogP contribution in [0, 0.1) is 0 Å². The number of methoxy groups -OCH3 is 1. The summed E-state index contributed by atoms with van der Waals surface area (Å²) in [5, 5.41) is 0. The zero-order valence-electron chi connectivity index (χ0n) is 9.84. The van der Waals surface area contributed by atoms with Crippen molar-refractivity contribution in [3.05, 3.63) is 24.3 Å². The molecular weight excluding hydrogens is 229 g/mol. The number of benzene rings is 1. The number of hydrogen-bond acceptors (Lipinski definition) is 5. The Morgan fingerprint density at radius 1 is 0.875 bits per heavy atom. The SMILES string of the molecule is COc1ccc(N=P(OC)(OC)OC)cc1. The standard InChI is InChI=1S/C10H16NO4P/c1-12-10-7-5-9(6-8-10)11-16(13-2,14-3)15-4/h5-8H,1-4H3. The van der Waals surface area contributed by atoms with Gasteiger partial charge in [0.15, 0.2) is 0 Å². The van der Waals surface area contributed by atoms with Crippen molar-refractivity contribution in [1.29, 1.82) is 0 Å². The van der Waals surface area contributed by atoms with Crippen LogP contribution in [0.1, 0.15) is 0 Å². The van der Waals surface area contributed by atoms with Gasteiger partial charge in [-0.1, -0.05) is 0 Å². The van der Waals surface area contributed by atoms with E-state index in [0.29, 0.717) is 0 Å². The average Bonchev–Trinajstić information content (AvgIpc) is 2.37. The van der Waals surface area contributed by atoms with Gasteiger partial charge in [-0.3, -0.25) is 0 Å². The Balaban J connectivity index is 3.03. The van der Waals surface area contributed by atoms with Gasteiger partial charge < -0.3 is 18.3 Å². The summed E-state index contributed by atoms with van der Waals surface area (Å²) in [5.41, 5.74) is 0.722. The fourth-order valence-corrected chi connectivity index (χ4v) is 2.24. The molecule has 0 radical (unpaired) electrons. The molecule has 1 aromatic carbocycles. The summed E-state index contributed by atoms with van der Waals surface area (Å²) in [5.74, 6) is 0.773. The highest BCUT2D eigenvalue weighted by Gasteiger charge is 2.18. The Labute approximate surface area is 95.6 Å². The van der Waals surface area contributed by atoms with Crippen molar-refractivity contribution in [2.75, 3.05) is 28.4 Å². The molecule has 0 heterocycles. The van der Waals surface area contributed by atoms with Crippen LogP contribution in [-0.2, 0) is 13.6 Å². The van der Waals surface area contributed by atoms with Crippen molar-refractivity contribution in [3.63, 3.8) is 0 Å². The van der Waals surface area contributed by atoms with E-state index in [1.54, 1.807) is 7.11 Å². The molecule has 0 aliphatic rings. The smallest absolute Gasteiger partial charge is 0.359 e. The molecule has 90 valence electrons. The van der Waals surface area contributed by atoms with Gasteiger partial charge in [-0.2, -0.15) is 4.74 Å². The van der Waals surface area contributed by atoms with Gasteiger partial charge in [0.1, 0.15) is 5.75 Å². The zero-order valence-corrected chi connectivity index (χ0v) is 10.7. The third kappa shape index (κ3) is 3.06. The number of hydrogen-bond donors (Lipinski definition) is 0. The van der Waals surface area contributed by atoms with Crippen LogP contribution < -0.4 is 4.74 Å². The lowest BCUT2D eigenvalue weighted by Crippen LogP contribution is -1.90. The second-order valence-corrected chi connectivity index (χ2v) is 5.05. The molecule has 6 heteroatoms. The number of rotatable bonds is 5. The Hall–Kier alpha value is -0.870. The molecule has 0 aliphatic heterocycles. The molecule has 0 fully saturated rings. The van der Waals surface area contributed by atoms with Gasteiger partial charge in [0.2, 0.25) is 0 Å². The molecule has 0 saturated carbocycles. The minimum Gasteiger partial charge on any atom is -0.497 e. The molecule has 0 N–H and O–H groups in total. The lowest BCUT2D eigenvalue weighted by Gasteiger charge is -2.17. The van der Waals surface area contributed by atoms with Crippen molar-refractivity contribution >= 4 is 13.4 Å². The molecule has 1 rings (SSSR count). The summed E-state index contributed by atoms with van der Waals surface area (Å²) in [6.07, 6.45) is 0. The maximum absolute atomic E-state index is 5.17. The van der Waals surface area contributed by atoms with E-state index in [1.165, 1.54) is 21.3 Å². The predicted molar refractivity (Wildman–Crippen MR) is 63.0 cm³/mol. The van der Waals surface area contributed by atoms with E-state index >= 15 is 0 Å². The predicted octanol–water partition coefficient (Wildman–Crippen LogP) is 3.21. The highest BCUT2D eigenvalue weighted by molar-refractivity contribution is 7.51. The van der Waals surface area contributed by atoms with Crippen LogP contribution in [0.3, 0.4) is 0 Å². The van der Waals surface area contributed by atoms with E-state index in [0.717, 1.165) is 11.4 Å². The van der Waals surface area contributed by atoms with Crippen molar-refractivity contribution in [2.45, 2.75) is 0 Å². The molecule has 16 heavy (non-hydrogen) atoms. The van der Waals surface area contributed by atoms with E-state index in [1.807, 2.05) is 24.3 Å². The monoisotopic (exact) mass is 245 g/mol. The van der Waals surface area contributed by atoms with Crippen LogP contribution in [0.25, 0.3) is 0 Å². The summed E-state index contributed by atoms with van der Waals surface area (Å²) >= 11 is 0. The summed E-state index contributed by atoms with van der Waals surface area (Å²) in [4.78, 5) is 0. The van der Waals surface area contributed by atoms with Gasteiger partial charge in [0, 0.05) is 21.3 Å². The third-order valence-corrected chi connectivity index (χ3v) is 3.86. The lowest BCUT2D eigenvalue weighted by molar-refractivity contribution is 0.224. The molecule has 0 atom stereocenters. The van der Waals surface area contributed by atoms with Gasteiger partial charge >= 0.3 is 7.74 Å². The van der Waals surface area contributed by atoms with E-state index in [4.69, 9.17) is 18.3 Å². The Bertz CT molecular complexity index is 358. The van der Waals surface area contributed by atoms with E-state index in [-0.39, 0.29) is 0 Å². The van der Waals surface area contributed by atoms with Crippen LogP contribution in [0.4, 0.5) is 5.69 Å². The molecule has 1 aromatic rings. The fraction of sp³-hybridized carbons (Fsp3) is 0.400. The highest BCUT2D eigenvalue weighted by Crippen LogP contribution is 2.53. The third-order valence-electron chi connectivity index (χ3n) is 2.00. The van der Waals surface area contributed by atoms with Gasteiger partial charge in [-0.05, 0) is 24.3 Å². The molecule has 5 nitrogen and oxygen atoms in total. The van der Waals surface area contributed by atoms with Gasteiger partial charge in [-0.25, -0.2) is 0 Å². The first kappa shape index (κ1) is 13.2. The maximum Gasteiger partial charge on any atom is 0.359 e. The molecule has 0 bridgehead atoms. The number of ether oxygens (including phenoxy) is 1. The summed E-state index contributed by atoms with van der Waals surface area (Å²) in [6, 6.07) is 7.25.